The average Bonchev–Trinajstić information content (AvgIpc) is 2.78. The van der Waals surface area contributed by atoms with Crippen LogP contribution in [-0.4, -0.2) is 41.6 Å². The van der Waals surface area contributed by atoms with Gasteiger partial charge in [-0.15, -0.1) is 0 Å². The van der Waals surface area contributed by atoms with Crippen molar-refractivity contribution in [2.45, 2.75) is 31.7 Å². The Morgan fingerprint density at radius 1 is 1.20 bits per heavy atom. The van der Waals surface area contributed by atoms with Gasteiger partial charge in [-0.3, -0.25) is 9.69 Å². The molecule has 0 radical (unpaired) electrons. The molecular weight excluding hydrogens is 256 g/mol. The van der Waals surface area contributed by atoms with Gasteiger partial charge in [-0.25, -0.2) is 0 Å². The topological polar surface area (TPSA) is 101 Å². The smallest absolute Gasteiger partial charge is 0.236 e. The Morgan fingerprint density at radius 3 is 2.60 bits per heavy atom. The van der Waals surface area contributed by atoms with E-state index < -0.39 is 0 Å². The van der Waals surface area contributed by atoms with Crippen molar-refractivity contribution in [1.29, 1.82) is 0 Å². The van der Waals surface area contributed by atoms with Crippen LogP contribution < -0.4 is 21.3 Å². The second-order valence-electron chi connectivity index (χ2n) is 5.47. The number of anilines is 3. The number of piperidine rings is 1. The van der Waals surface area contributed by atoms with E-state index in [4.69, 9.17) is 11.5 Å². The van der Waals surface area contributed by atoms with Gasteiger partial charge in [0, 0.05) is 38.2 Å². The van der Waals surface area contributed by atoms with Gasteiger partial charge in [-0.1, -0.05) is 0 Å². The molecule has 2 aliphatic rings. The number of nitrogen functional groups attached to an aromatic ring is 1. The van der Waals surface area contributed by atoms with Crippen molar-refractivity contribution in [1.82, 2.24) is 9.97 Å². The molecule has 1 aromatic heterocycles. The van der Waals surface area contributed by atoms with E-state index in [9.17, 15) is 4.79 Å². The lowest BCUT2D eigenvalue weighted by molar-refractivity contribution is -0.117. The van der Waals surface area contributed by atoms with Gasteiger partial charge >= 0.3 is 0 Å². The van der Waals surface area contributed by atoms with Crippen LogP contribution in [0.25, 0.3) is 0 Å². The molecule has 4 N–H and O–H groups in total. The van der Waals surface area contributed by atoms with Gasteiger partial charge in [0.15, 0.2) is 0 Å². The molecule has 7 heteroatoms. The number of amides is 1. The third-order valence-corrected chi connectivity index (χ3v) is 3.80. The predicted molar refractivity (Wildman–Crippen MR) is 77.5 cm³/mol. The molecule has 0 aromatic carbocycles. The largest absolute Gasteiger partial charge is 0.383 e. The van der Waals surface area contributed by atoms with Gasteiger partial charge < -0.3 is 16.4 Å². The summed E-state index contributed by atoms with van der Waals surface area (Å²) in [6.45, 7) is 2.41. The Hall–Kier alpha value is -1.89. The number of nitrogens with zero attached hydrogens (tertiary/aromatic N) is 4. The molecule has 3 rings (SSSR count). The van der Waals surface area contributed by atoms with Crippen molar-refractivity contribution in [3.05, 3.63) is 6.07 Å². The first kappa shape index (κ1) is 13.1. The standard InChI is InChI=1S/C13H20N6O/c14-9-6-12(20)19(8-9)13-16-10(15)7-11(17-13)18-4-2-1-3-5-18/h7,9H,1-6,8,14H2,(H2,15,16,17). The van der Waals surface area contributed by atoms with Gasteiger partial charge in [0.2, 0.25) is 11.9 Å². The first-order valence-electron chi connectivity index (χ1n) is 7.09. The van der Waals surface area contributed by atoms with Gasteiger partial charge in [0.05, 0.1) is 0 Å². The van der Waals surface area contributed by atoms with E-state index in [0.717, 1.165) is 31.7 Å². The first-order valence-corrected chi connectivity index (χ1v) is 7.09. The lowest BCUT2D eigenvalue weighted by atomic mass is 10.1. The molecule has 1 amide bonds. The van der Waals surface area contributed by atoms with Crippen molar-refractivity contribution in [2.75, 3.05) is 35.2 Å². The minimum Gasteiger partial charge on any atom is -0.383 e. The highest BCUT2D eigenvalue weighted by molar-refractivity contribution is 5.94. The number of nitrogens with two attached hydrogens (primary N) is 2. The monoisotopic (exact) mass is 276 g/mol. The third kappa shape index (κ3) is 2.53. The lowest BCUT2D eigenvalue weighted by Gasteiger charge is -2.28. The summed E-state index contributed by atoms with van der Waals surface area (Å²) in [7, 11) is 0. The molecule has 0 spiro atoms. The summed E-state index contributed by atoms with van der Waals surface area (Å²) in [4.78, 5) is 24.3. The maximum absolute atomic E-state index is 11.9. The summed E-state index contributed by atoms with van der Waals surface area (Å²) >= 11 is 0. The molecule has 108 valence electrons. The molecule has 2 saturated heterocycles. The number of hydrogen-bond donors (Lipinski definition) is 2. The average molecular weight is 276 g/mol. The molecule has 20 heavy (non-hydrogen) atoms. The van der Waals surface area contributed by atoms with Gasteiger partial charge in [-0.2, -0.15) is 9.97 Å². The normalized spacial score (nSPS) is 23.4. The summed E-state index contributed by atoms with van der Waals surface area (Å²) in [5.74, 6) is 1.54. The highest BCUT2D eigenvalue weighted by Gasteiger charge is 2.30. The van der Waals surface area contributed by atoms with Crippen LogP contribution in [-0.2, 0) is 4.79 Å². The van der Waals surface area contributed by atoms with E-state index in [1.54, 1.807) is 6.07 Å². The zero-order valence-electron chi connectivity index (χ0n) is 11.5. The van der Waals surface area contributed by atoms with Crippen molar-refractivity contribution in [3.63, 3.8) is 0 Å². The van der Waals surface area contributed by atoms with Crippen LogP contribution >= 0.6 is 0 Å². The van der Waals surface area contributed by atoms with E-state index in [1.165, 1.54) is 11.3 Å². The molecule has 3 heterocycles. The Bertz CT molecular complexity index is 514. The van der Waals surface area contributed by atoms with Crippen LogP contribution in [0.4, 0.5) is 17.6 Å². The number of aromatic nitrogens is 2. The van der Waals surface area contributed by atoms with Crippen LogP contribution in [0.5, 0.6) is 0 Å². The number of rotatable bonds is 2. The fourth-order valence-corrected chi connectivity index (χ4v) is 2.77. The van der Waals surface area contributed by atoms with Gasteiger partial charge in [0.1, 0.15) is 11.6 Å². The minimum absolute atomic E-state index is 0.0345. The molecule has 2 fully saturated rings. The van der Waals surface area contributed by atoms with Crippen molar-refractivity contribution < 1.29 is 4.79 Å². The van der Waals surface area contributed by atoms with E-state index in [0.29, 0.717) is 24.7 Å². The van der Waals surface area contributed by atoms with Crippen LogP contribution in [0.15, 0.2) is 6.07 Å². The van der Waals surface area contributed by atoms with E-state index in [2.05, 4.69) is 14.9 Å². The highest BCUT2D eigenvalue weighted by Crippen LogP contribution is 2.24. The molecular formula is C13H20N6O. The highest BCUT2D eigenvalue weighted by atomic mass is 16.2. The predicted octanol–water partition coefficient (Wildman–Crippen LogP) is 0.113. The van der Waals surface area contributed by atoms with Crippen molar-refractivity contribution in [3.8, 4) is 0 Å². The number of carbonyl (C=O) groups is 1. The Labute approximate surface area is 118 Å². The van der Waals surface area contributed by atoms with E-state index >= 15 is 0 Å². The molecule has 7 nitrogen and oxygen atoms in total. The Kier molecular flexibility index (Phi) is 3.43. The summed E-state index contributed by atoms with van der Waals surface area (Å²) < 4.78 is 0. The zero-order chi connectivity index (χ0) is 14.1. The summed E-state index contributed by atoms with van der Waals surface area (Å²) in [6.07, 6.45) is 3.92. The molecule has 0 saturated carbocycles. The van der Waals surface area contributed by atoms with Crippen molar-refractivity contribution >= 4 is 23.5 Å². The fourth-order valence-electron chi connectivity index (χ4n) is 2.77. The van der Waals surface area contributed by atoms with E-state index in [1.807, 2.05) is 0 Å². The number of carbonyl (C=O) groups excluding carboxylic acids is 1. The van der Waals surface area contributed by atoms with Gasteiger partial charge in [0.25, 0.3) is 0 Å². The van der Waals surface area contributed by atoms with Crippen LogP contribution in [0.2, 0.25) is 0 Å². The zero-order valence-corrected chi connectivity index (χ0v) is 11.5. The second kappa shape index (κ2) is 5.24. The first-order chi connectivity index (χ1) is 9.63. The SMILES string of the molecule is Nc1cc(N2CCCCC2)nc(N2CC(N)CC2=O)n1. The summed E-state index contributed by atoms with van der Waals surface area (Å²) in [6, 6.07) is 1.63. The van der Waals surface area contributed by atoms with Gasteiger partial charge in [-0.05, 0) is 19.3 Å². The Morgan fingerprint density at radius 2 is 1.95 bits per heavy atom. The van der Waals surface area contributed by atoms with Crippen LogP contribution in [0.1, 0.15) is 25.7 Å². The maximum atomic E-state index is 11.9. The maximum Gasteiger partial charge on any atom is 0.236 e. The van der Waals surface area contributed by atoms with Crippen LogP contribution in [0, 0.1) is 0 Å². The third-order valence-electron chi connectivity index (χ3n) is 3.80. The molecule has 1 aromatic rings. The number of hydrogen-bond acceptors (Lipinski definition) is 6. The quantitative estimate of drug-likeness (QED) is 0.795. The molecule has 2 aliphatic heterocycles. The lowest BCUT2D eigenvalue weighted by Crippen LogP contribution is -2.33. The molecule has 1 atom stereocenters. The molecule has 0 bridgehead atoms. The van der Waals surface area contributed by atoms with E-state index in [-0.39, 0.29) is 11.9 Å². The minimum atomic E-state index is -0.147. The molecule has 0 aliphatic carbocycles. The van der Waals surface area contributed by atoms with Crippen molar-refractivity contribution in [2.24, 2.45) is 5.73 Å². The summed E-state index contributed by atoms with van der Waals surface area (Å²) in [5, 5.41) is 0. The fraction of sp³-hybridized carbons (Fsp3) is 0.615. The molecule has 1 unspecified atom stereocenters. The summed E-state index contributed by atoms with van der Waals surface area (Å²) in [5.41, 5.74) is 11.7. The Balaban J connectivity index is 1.88. The van der Waals surface area contributed by atoms with Crippen LogP contribution in [0.3, 0.4) is 0 Å². The second-order valence-corrected chi connectivity index (χ2v) is 5.47.